The van der Waals surface area contributed by atoms with E-state index in [1.807, 2.05) is 6.07 Å². The Morgan fingerprint density at radius 1 is 1.00 bits per heavy atom. The Bertz CT molecular complexity index is 1510. The number of pyridine rings is 1. The molecule has 8 nitrogen and oxygen atoms in total. The molecule has 0 aliphatic heterocycles. The highest BCUT2D eigenvalue weighted by Gasteiger charge is 2.38. The van der Waals surface area contributed by atoms with E-state index < -0.39 is 10.0 Å². The lowest BCUT2D eigenvalue weighted by atomic mass is 9.84. The SMILES string of the molecule is CC(=O)Nc1ccc(S(=O)(=O)Nc2cccc(C(c3c(O)c4c([nH]c3=O)CCCCCC4)C3CC3)c2)cc1. The summed E-state index contributed by atoms with van der Waals surface area (Å²) in [7, 11) is -3.89. The molecule has 5 rings (SSSR count). The normalized spacial score (nSPS) is 16.6. The van der Waals surface area contributed by atoms with E-state index in [4.69, 9.17) is 0 Å². The minimum absolute atomic E-state index is 0.0616. The van der Waals surface area contributed by atoms with Gasteiger partial charge in [-0.15, -0.1) is 0 Å². The van der Waals surface area contributed by atoms with Crippen LogP contribution in [0.5, 0.6) is 5.75 Å². The summed E-state index contributed by atoms with van der Waals surface area (Å²) in [5, 5.41) is 14.0. The molecule has 1 atom stereocenters. The van der Waals surface area contributed by atoms with E-state index in [-0.39, 0.29) is 33.9 Å². The number of carbonyl (C=O) groups is 1. The Labute approximate surface area is 222 Å². The molecule has 2 aliphatic rings. The second kappa shape index (κ2) is 10.6. The Kier molecular flexibility index (Phi) is 7.29. The van der Waals surface area contributed by atoms with Crippen LogP contribution in [-0.2, 0) is 27.7 Å². The molecule has 1 heterocycles. The standard InChI is InChI=1S/C29H33N3O5S/c1-18(33)30-21-13-15-23(16-14-21)38(36,37)32-22-8-6-7-20(17-22)26(19-11-12-19)27-28(34)24-9-4-2-3-5-10-25(24)31-29(27)35/h6-8,13-17,19,26,32H,2-5,9-12H2,1H3,(H,30,33)(H2,31,34,35). The Hall–Kier alpha value is -3.59. The first-order valence-electron chi connectivity index (χ1n) is 13.2. The molecular formula is C29H33N3O5S. The Balaban J connectivity index is 1.46. The van der Waals surface area contributed by atoms with Crippen LogP contribution >= 0.6 is 0 Å². The summed E-state index contributed by atoms with van der Waals surface area (Å²) in [6, 6.07) is 13.0. The fraction of sp³-hybridized carbons (Fsp3) is 0.379. The van der Waals surface area contributed by atoms with Crippen molar-refractivity contribution in [2.24, 2.45) is 5.92 Å². The second-order valence-electron chi connectivity index (χ2n) is 10.3. The first kappa shape index (κ1) is 26.0. The number of benzene rings is 2. The number of nitrogens with one attached hydrogen (secondary N) is 3. The van der Waals surface area contributed by atoms with Gasteiger partial charge in [-0.1, -0.05) is 25.0 Å². The summed E-state index contributed by atoms with van der Waals surface area (Å²) in [5.41, 5.74) is 3.50. The van der Waals surface area contributed by atoms with Crippen molar-refractivity contribution in [1.29, 1.82) is 0 Å². The number of aryl methyl sites for hydroxylation is 1. The molecule has 1 amide bonds. The Morgan fingerprint density at radius 3 is 2.39 bits per heavy atom. The molecule has 2 aliphatic carbocycles. The number of anilines is 2. The maximum Gasteiger partial charge on any atom is 0.261 e. The quantitative estimate of drug-likeness (QED) is 0.337. The molecule has 1 unspecified atom stereocenters. The number of fused-ring (bicyclic) bond motifs is 1. The van der Waals surface area contributed by atoms with Crippen LogP contribution in [0, 0.1) is 5.92 Å². The zero-order valence-corrected chi connectivity index (χ0v) is 22.2. The minimum Gasteiger partial charge on any atom is -0.507 e. The van der Waals surface area contributed by atoms with Gasteiger partial charge in [0.1, 0.15) is 5.75 Å². The van der Waals surface area contributed by atoms with Gasteiger partial charge < -0.3 is 15.4 Å². The molecule has 1 saturated carbocycles. The van der Waals surface area contributed by atoms with Crippen LogP contribution in [0.3, 0.4) is 0 Å². The molecule has 4 N–H and O–H groups in total. The van der Waals surface area contributed by atoms with Crippen LogP contribution in [-0.4, -0.2) is 24.4 Å². The van der Waals surface area contributed by atoms with Gasteiger partial charge in [0.25, 0.3) is 15.6 Å². The number of hydrogen-bond acceptors (Lipinski definition) is 5. The van der Waals surface area contributed by atoms with Gasteiger partial charge in [0.2, 0.25) is 5.91 Å². The fourth-order valence-electron chi connectivity index (χ4n) is 5.46. The number of aromatic hydroxyl groups is 1. The number of hydrogen-bond donors (Lipinski definition) is 4. The van der Waals surface area contributed by atoms with E-state index in [1.165, 1.54) is 31.2 Å². The van der Waals surface area contributed by atoms with Crippen molar-refractivity contribution in [3.05, 3.63) is 81.3 Å². The number of sulfonamides is 1. The zero-order valence-electron chi connectivity index (χ0n) is 21.4. The summed E-state index contributed by atoms with van der Waals surface area (Å²) >= 11 is 0. The third-order valence-electron chi connectivity index (χ3n) is 7.41. The van der Waals surface area contributed by atoms with Crippen LogP contribution < -0.4 is 15.6 Å². The van der Waals surface area contributed by atoms with Crippen LogP contribution in [0.4, 0.5) is 11.4 Å². The smallest absolute Gasteiger partial charge is 0.261 e. The lowest BCUT2D eigenvalue weighted by Crippen LogP contribution is -2.23. The summed E-state index contributed by atoms with van der Waals surface area (Å²) < 4.78 is 28.8. The van der Waals surface area contributed by atoms with Crippen molar-refractivity contribution < 1.29 is 18.3 Å². The van der Waals surface area contributed by atoms with Gasteiger partial charge in [-0.25, -0.2) is 8.42 Å². The molecular weight excluding hydrogens is 502 g/mol. The number of rotatable bonds is 7. The van der Waals surface area contributed by atoms with Crippen molar-refractivity contribution in [2.45, 2.75) is 69.1 Å². The number of aromatic nitrogens is 1. The van der Waals surface area contributed by atoms with Gasteiger partial charge in [0.15, 0.2) is 0 Å². The van der Waals surface area contributed by atoms with Gasteiger partial charge in [0.05, 0.1) is 10.5 Å². The van der Waals surface area contributed by atoms with Gasteiger partial charge in [0, 0.05) is 35.5 Å². The predicted molar refractivity (Wildman–Crippen MR) is 147 cm³/mol. The minimum atomic E-state index is -3.89. The third kappa shape index (κ3) is 5.62. The van der Waals surface area contributed by atoms with Crippen molar-refractivity contribution in [3.8, 4) is 5.75 Å². The van der Waals surface area contributed by atoms with Crippen molar-refractivity contribution in [3.63, 3.8) is 0 Å². The number of carbonyl (C=O) groups excluding carboxylic acids is 1. The molecule has 0 bridgehead atoms. The van der Waals surface area contributed by atoms with Crippen LogP contribution in [0.15, 0.2) is 58.2 Å². The highest BCUT2D eigenvalue weighted by atomic mass is 32.2. The number of H-pyrrole nitrogens is 1. The highest BCUT2D eigenvalue weighted by Crippen LogP contribution is 2.48. The number of aromatic amines is 1. The molecule has 3 aromatic rings. The van der Waals surface area contributed by atoms with Crippen LogP contribution in [0.25, 0.3) is 0 Å². The first-order chi connectivity index (χ1) is 18.2. The predicted octanol–water partition coefficient (Wildman–Crippen LogP) is 5.04. The van der Waals surface area contributed by atoms with E-state index >= 15 is 0 Å². The maximum atomic E-state index is 13.3. The van der Waals surface area contributed by atoms with E-state index in [0.717, 1.165) is 68.2 Å². The van der Waals surface area contributed by atoms with E-state index in [0.29, 0.717) is 16.9 Å². The van der Waals surface area contributed by atoms with E-state index in [9.17, 15) is 23.1 Å². The first-order valence-corrected chi connectivity index (χ1v) is 14.7. The Morgan fingerprint density at radius 2 is 1.71 bits per heavy atom. The lowest BCUT2D eigenvalue weighted by Gasteiger charge is -2.23. The topological polar surface area (TPSA) is 128 Å². The van der Waals surface area contributed by atoms with Gasteiger partial charge in [-0.3, -0.25) is 14.3 Å². The van der Waals surface area contributed by atoms with Gasteiger partial charge in [-0.2, -0.15) is 0 Å². The summed E-state index contributed by atoms with van der Waals surface area (Å²) in [6.45, 7) is 1.38. The van der Waals surface area contributed by atoms with Gasteiger partial charge in [-0.05, 0) is 86.4 Å². The molecule has 0 radical (unpaired) electrons. The van der Waals surface area contributed by atoms with Gasteiger partial charge >= 0.3 is 0 Å². The average molecular weight is 536 g/mol. The summed E-state index contributed by atoms with van der Waals surface area (Å²) in [5.74, 6) is -0.249. The van der Waals surface area contributed by atoms with Crippen molar-refractivity contribution in [2.75, 3.05) is 10.0 Å². The van der Waals surface area contributed by atoms with E-state index in [2.05, 4.69) is 15.0 Å². The van der Waals surface area contributed by atoms with Crippen molar-refractivity contribution in [1.82, 2.24) is 4.98 Å². The monoisotopic (exact) mass is 535 g/mol. The fourth-order valence-corrected chi connectivity index (χ4v) is 6.51. The molecule has 200 valence electrons. The summed E-state index contributed by atoms with van der Waals surface area (Å²) in [6.07, 6.45) is 7.58. The average Bonchev–Trinajstić information content (AvgIpc) is 3.68. The molecule has 38 heavy (non-hydrogen) atoms. The lowest BCUT2D eigenvalue weighted by molar-refractivity contribution is -0.114. The molecule has 2 aromatic carbocycles. The molecule has 1 aromatic heterocycles. The zero-order chi connectivity index (χ0) is 26.9. The van der Waals surface area contributed by atoms with Crippen LogP contribution in [0.2, 0.25) is 0 Å². The van der Waals surface area contributed by atoms with Crippen LogP contribution in [0.1, 0.15) is 73.8 Å². The van der Waals surface area contributed by atoms with Crippen molar-refractivity contribution >= 4 is 27.3 Å². The second-order valence-corrected chi connectivity index (χ2v) is 12.0. The molecule has 1 fully saturated rings. The maximum absolute atomic E-state index is 13.3. The molecule has 0 saturated heterocycles. The summed E-state index contributed by atoms with van der Waals surface area (Å²) in [4.78, 5) is 27.7. The highest BCUT2D eigenvalue weighted by molar-refractivity contribution is 7.92. The third-order valence-corrected chi connectivity index (χ3v) is 8.80. The molecule has 0 spiro atoms. The largest absolute Gasteiger partial charge is 0.507 e. The number of amides is 1. The van der Waals surface area contributed by atoms with E-state index in [1.54, 1.807) is 18.2 Å². The molecule has 9 heteroatoms.